The van der Waals surface area contributed by atoms with E-state index in [0.717, 1.165) is 10.9 Å². The number of nitrogens with zero attached hydrogens (tertiary/aromatic N) is 3. The zero-order valence-electron chi connectivity index (χ0n) is 32.3. The average Bonchev–Trinajstić information content (AvgIpc) is 3.99. The minimum absolute atomic E-state index is 0.0601. The number of amides is 5. The molecule has 2 aromatic rings. The topological polar surface area (TPSA) is 220 Å². The Morgan fingerprint density at radius 2 is 1.86 bits per heavy atom. The zero-order chi connectivity index (χ0) is 41.0. The molecule has 5 aliphatic rings. The summed E-state index contributed by atoms with van der Waals surface area (Å²) in [5.41, 5.74) is -1.54. The molecule has 17 nitrogen and oxygen atoms in total. The molecule has 306 valence electrons. The molecule has 1 aromatic carbocycles. The maximum absolute atomic E-state index is 14.7. The molecule has 7 rings (SSSR count). The first-order valence-corrected chi connectivity index (χ1v) is 20.7. The van der Waals surface area contributed by atoms with E-state index in [9.17, 15) is 37.2 Å². The SMILES string of the molecule is C=C[C@@H]1C[C@]1(NC(=O)[C@@H]1C[C@@H](Oc2nccc3cc(C)ccc23)CN1C(=O)[C@H](CCC(=O)N1C[C@@H]2C[C@H]1C(=O)O2)NC(=O)OC(C)(C)C)C(=O)NS(=O)(=O)C1CC1. The highest BCUT2D eigenvalue weighted by Crippen LogP contribution is 2.45. The van der Waals surface area contributed by atoms with Gasteiger partial charge in [0.15, 0.2) is 0 Å². The molecule has 7 atom stereocenters. The summed E-state index contributed by atoms with van der Waals surface area (Å²) in [7, 11) is -3.95. The van der Waals surface area contributed by atoms with Crippen molar-refractivity contribution in [3.05, 3.63) is 48.7 Å². The van der Waals surface area contributed by atoms with Gasteiger partial charge in [0.2, 0.25) is 33.6 Å². The molecular formula is C39H48N6O11S. The molecule has 2 aliphatic carbocycles. The summed E-state index contributed by atoms with van der Waals surface area (Å²) < 4.78 is 44.7. The van der Waals surface area contributed by atoms with Crippen molar-refractivity contribution in [1.29, 1.82) is 0 Å². The van der Waals surface area contributed by atoms with E-state index in [1.54, 1.807) is 27.0 Å². The molecule has 0 spiro atoms. The summed E-state index contributed by atoms with van der Waals surface area (Å²) >= 11 is 0. The maximum Gasteiger partial charge on any atom is 0.408 e. The van der Waals surface area contributed by atoms with Crippen molar-refractivity contribution < 1.29 is 51.4 Å². The van der Waals surface area contributed by atoms with Crippen LogP contribution in [0.15, 0.2) is 43.1 Å². The first-order valence-electron chi connectivity index (χ1n) is 19.2. The Morgan fingerprint density at radius 1 is 1.11 bits per heavy atom. The Balaban J connectivity index is 1.16. The Kier molecular flexibility index (Phi) is 10.5. The second-order valence-corrected chi connectivity index (χ2v) is 18.6. The van der Waals surface area contributed by atoms with E-state index >= 15 is 0 Å². The smallest absolute Gasteiger partial charge is 0.408 e. The third-order valence-electron chi connectivity index (χ3n) is 11.0. The number of aromatic nitrogens is 1. The lowest BCUT2D eigenvalue weighted by Crippen LogP contribution is -2.58. The number of esters is 1. The van der Waals surface area contributed by atoms with Gasteiger partial charge in [-0.25, -0.2) is 23.0 Å². The maximum atomic E-state index is 14.7. The third-order valence-corrected chi connectivity index (χ3v) is 12.9. The number of benzene rings is 1. The largest absolute Gasteiger partial charge is 0.472 e. The Bertz CT molecular complexity index is 2130. The number of fused-ring (bicyclic) bond motifs is 3. The number of alkyl carbamates (subject to hydrolysis) is 1. The van der Waals surface area contributed by atoms with E-state index < -0.39 is 98.4 Å². The van der Waals surface area contributed by atoms with E-state index in [-0.39, 0.29) is 44.7 Å². The van der Waals surface area contributed by atoms with Gasteiger partial charge < -0.3 is 34.6 Å². The predicted octanol–water partition coefficient (Wildman–Crippen LogP) is 1.76. The Labute approximate surface area is 330 Å². The molecule has 57 heavy (non-hydrogen) atoms. The molecule has 1 aromatic heterocycles. The van der Waals surface area contributed by atoms with Crippen LogP contribution in [-0.4, -0.2) is 119 Å². The van der Waals surface area contributed by atoms with Crippen molar-refractivity contribution in [2.75, 3.05) is 13.1 Å². The van der Waals surface area contributed by atoms with E-state index in [1.165, 1.54) is 15.9 Å². The highest BCUT2D eigenvalue weighted by atomic mass is 32.2. The van der Waals surface area contributed by atoms with Crippen LogP contribution in [0.4, 0.5) is 4.79 Å². The van der Waals surface area contributed by atoms with Gasteiger partial charge in [-0.15, -0.1) is 6.58 Å². The summed E-state index contributed by atoms with van der Waals surface area (Å²) in [6.45, 7) is 10.7. The van der Waals surface area contributed by atoms with Gasteiger partial charge in [0, 0.05) is 36.8 Å². The summed E-state index contributed by atoms with van der Waals surface area (Å²) in [6.07, 6.45) is 1.76. The fourth-order valence-corrected chi connectivity index (χ4v) is 9.22. The van der Waals surface area contributed by atoms with Crippen LogP contribution in [0.25, 0.3) is 10.8 Å². The molecule has 2 bridgehead atoms. The van der Waals surface area contributed by atoms with Gasteiger partial charge in [-0.2, -0.15) is 0 Å². The van der Waals surface area contributed by atoms with Crippen LogP contribution < -0.4 is 20.1 Å². The lowest BCUT2D eigenvalue weighted by molar-refractivity contribution is -0.157. The lowest BCUT2D eigenvalue weighted by atomic mass is 10.1. The minimum Gasteiger partial charge on any atom is -0.472 e. The van der Waals surface area contributed by atoms with Crippen LogP contribution in [0.3, 0.4) is 0 Å². The molecular weight excluding hydrogens is 761 g/mol. The highest BCUT2D eigenvalue weighted by Gasteiger charge is 2.62. The number of rotatable bonds is 13. The normalized spacial score (nSPS) is 27.0. The van der Waals surface area contributed by atoms with Crippen LogP contribution in [0, 0.1) is 12.8 Å². The molecule has 18 heteroatoms. The first kappa shape index (κ1) is 40.0. The van der Waals surface area contributed by atoms with Crippen LogP contribution in [0.2, 0.25) is 0 Å². The van der Waals surface area contributed by atoms with Crippen molar-refractivity contribution in [3.8, 4) is 5.88 Å². The van der Waals surface area contributed by atoms with Gasteiger partial charge in [-0.05, 0) is 70.9 Å². The second kappa shape index (κ2) is 14.9. The summed E-state index contributed by atoms with van der Waals surface area (Å²) in [4.78, 5) is 88.4. The number of aryl methyl sites for hydroxylation is 1. The van der Waals surface area contributed by atoms with Gasteiger partial charge in [-0.3, -0.25) is 23.9 Å². The zero-order valence-corrected chi connectivity index (χ0v) is 33.1. The van der Waals surface area contributed by atoms with Crippen molar-refractivity contribution >= 4 is 56.5 Å². The van der Waals surface area contributed by atoms with Crippen LogP contribution in [-0.2, 0) is 43.5 Å². The monoisotopic (exact) mass is 808 g/mol. The second-order valence-electron chi connectivity index (χ2n) is 16.6. The average molecular weight is 809 g/mol. The molecule has 3 N–H and O–H groups in total. The third kappa shape index (κ3) is 8.41. The Morgan fingerprint density at radius 3 is 2.51 bits per heavy atom. The number of pyridine rings is 1. The molecule has 0 unspecified atom stereocenters. The standard InChI is InChI=1S/C39H48N6O11S/c1-6-23-18-39(23,36(50)43-57(52,53)26-8-9-26)42-32(47)29-16-24(54-33-27-10-7-21(2)15-22(27)13-14-40-33)20-45(29)34(48)28(41-37(51)56-38(3,4)5)11-12-31(46)44-19-25-17-30(44)35(49)55-25/h6-7,10,13-15,23-26,28-30H,1,8-9,11-12,16-20H2,2-5H3,(H,41,51)(H,42,47)(H,43,50)/t23-,24-,25+,28+,29+,30+,39-/m1/s1. The Hall–Kier alpha value is -5.26. The van der Waals surface area contributed by atoms with Gasteiger partial charge in [0.1, 0.15) is 41.5 Å². The van der Waals surface area contributed by atoms with E-state index in [0.29, 0.717) is 24.6 Å². The summed E-state index contributed by atoms with van der Waals surface area (Å²) in [6, 6.07) is 4.22. The van der Waals surface area contributed by atoms with E-state index in [2.05, 4.69) is 26.9 Å². The molecule has 0 radical (unpaired) electrons. The first-order chi connectivity index (χ1) is 26.9. The molecule has 3 saturated heterocycles. The number of carbonyl (C=O) groups excluding carboxylic acids is 6. The summed E-state index contributed by atoms with van der Waals surface area (Å²) in [5.74, 6) is -3.58. The van der Waals surface area contributed by atoms with Gasteiger partial charge in [-0.1, -0.05) is 23.8 Å². The molecule has 2 saturated carbocycles. The number of carbonyl (C=O) groups is 6. The highest BCUT2D eigenvalue weighted by molar-refractivity contribution is 7.91. The number of likely N-dealkylation sites (tertiary alicyclic amines) is 2. The number of hydrogen-bond acceptors (Lipinski definition) is 12. The number of ether oxygens (including phenoxy) is 3. The molecule has 3 aliphatic heterocycles. The fraction of sp³-hybridized carbons (Fsp3) is 0.564. The fourth-order valence-electron chi connectivity index (χ4n) is 7.86. The van der Waals surface area contributed by atoms with E-state index in [4.69, 9.17) is 14.2 Å². The number of nitrogens with one attached hydrogen (secondary N) is 3. The van der Waals surface area contributed by atoms with Crippen molar-refractivity contribution in [2.45, 2.75) is 119 Å². The van der Waals surface area contributed by atoms with Crippen LogP contribution >= 0.6 is 0 Å². The molecule has 5 fully saturated rings. The van der Waals surface area contributed by atoms with Gasteiger partial charge >= 0.3 is 12.1 Å². The van der Waals surface area contributed by atoms with E-state index in [1.807, 2.05) is 31.2 Å². The van der Waals surface area contributed by atoms with Gasteiger partial charge in [0.25, 0.3) is 5.91 Å². The van der Waals surface area contributed by atoms with Crippen molar-refractivity contribution in [2.24, 2.45) is 5.92 Å². The van der Waals surface area contributed by atoms with Crippen LogP contribution in [0.1, 0.15) is 71.3 Å². The molecule has 5 amide bonds. The lowest BCUT2D eigenvalue weighted by Gasteiger charge is -2.31. The number of sulfonamides is 1. The number of hydrogen-bond donors (Lipinski definition) is 3. The van der Waals surface area contributed by atoms with Crippen molar-refractivity contribution in [3.63, 3.8) is 0 Å². The van der Waals surface area contributed by atoms with Crippen molar-refractivity contribution in [1.82, 2.24) is 30.1 Å². The summed E-state index contributed by atoms with van der Waals surface area (Å²) in [5, 5.41) is 6.22. The minimum atomic E-state index is -3.95. The molecule has 4 heterocycles. The number of morpholine rings is 1. The quantitative estimate of drug-likeness (QED) is 0.195. The predicted molar refractivity (Wildman–Crippen MR) is 203 cm³/mol. The van der Waals surface area contributed by atoms with Gasteiger partial charge in [0.05, 0.1) is 18.3 Å². The van der Waals surface area contributed by atoms with Crippen LogP contribution in [0.5, 0.6) is 5.88 Å².